The first-order valence-corrected chi connectivity index (χ1v) is 7.32. The minimum atomic E-state index is 0.305. The lowest BCUT2D eigenvalue weighted by Gasteiger charge is -2.02. The zero-order chi connectivity index (χ0) is 14.8. The molecule has 0 aliphatic carbocycles. The van der Waals surface area contributed by atoms with Crippen molar-refractivity contribution in [2.75, 3.05) is 12.3 Å². The normalized spacial score (nSPS) is 10.7. The predicted octanol–water partition coefficient (Wildman–Crippen LogP) is 2.72. The summed E-state index contributed by atoms with van der Waals surface area (Å²) in [5, 5.41) is 13.7. The van der Waals surface area contributed by atoms with Crippen molar-refractivity contribution in [3.63, 3.8) is 0 Å². The number of hydrogen-bond acceptors (Lipinski definition) is 6. The molecule has 0 saturated heterocycles. The van der Waals surface area contributed by atoms with E-state index in [1.807, 2.05) is 24.3 Å². The Morgan fingerprint density at radius 2 is 2.33 bits per heavy atom. The predicted molar refractivity (Wildman–Crippen MR) is 81.7 cm³/mol. The van der Waals surface area contributed by atoms with E-state index in [4.69, 9.17) is 15.7 Å². The average Bonchev–Trinajstić information content (AvgIpc) is 3.07. The highest BCUT2D eigenvalue weighted by atomic mass is 32.1. The molecule has 3 aromatic rings. The van der Waals surface area contributed by atoms with E-state index in [0.29, 0.717) is 23.1 Å². The molecule has 3 rings (SSSR count). The highest BCUT2D eigenvalue weighted by Gasteiger charge is 2.13. The number of hydrogen-bond donors (Lipinski definition) is 1. The van der Waals surface area contributed by atoms with Gasteiger partial charge in [-0.15, -0.1) is 0 Å². The maximum atomic E-state index is 8.92. The maximum absolute atomic E-state index is 8.92. The lowest BCUT2D eigenvalue weighted by molar-refractivity contribution is 0.318. The first-order valence-electron chi connectivity index (χ1n) is 6.50. The largest absolute Gasteiger partial charge is 0.494 e. The van der Waals surface area contributed by atoms with Gasteiger partial charge >= 0.3 is 0 Å². The van der Waals surface area contributed by atoms with Crippen LogP contribution in [0.25, 0.3) is 15.3 Å². The van der Waals surface area contributed by atoms with Gasteiger partial charge in [0, 0.05) is 0 Å². The molecule has 0 bridgehead atoms. The summed E-state index contributed by atoms with van der Waals surface area (Å²) in [4.78, 5) is 4.49. The molecule has 0 fully saturated rings. The van der Waals surface area contributed by atoms with Crippen molar-refractivity contribution in [1.82, 2.24) is 14.8 Å². The number of benzene rings is 1. The van der Waals surface area contributed by atoms with Crippen LogP contribution in [0.1, 0.15) is 18.9 Å². The Hall–Kier alpha value is -2.59. The Labute approximate surface area is 125 Å². The number of nitriles is 1. The summed E-state index contributed by atoms with van der Waals surface area (Å²) in [5.74, 6) is 1.13. The summed E-state index contributed by atoms with van der Waals surface area (Å²) in [6, 6.07) is 7.76. The lowest BCUT2D eigenvalue weighted by atomic mass is 10.3. The molecule has 0 aliphatic rings. The van der Waals surface area contributed by atoms with Crippen molar-refractivity contribution in [3.8, 4) is 17.0 Å². The number of nitrogen functional groups attached to an aromatic ring is 1. The van der Waals surface area contributed by atoms with E-state index in [9.17, 15) is 0 Å². The van der Waals surface area contributed by atoms with Crippen molar-refractivity contribution in [3.05, 3.63) is 30.0 Å². The molecule has 0 amide bonds. The molecule has 2 heterocycles. The molecular formula is C14H13N5OS. The molecule has 0 unspecified atom stereocenters. The standard InChI is InChI=1S/C14H13N5OS/c1-2-5-20-10-3-4-11-12(6-10)21-14(18-11)19-13(16)9(7-15)8-17-19/h3-4,6,8H,2,5,16H2,1H3. The van der Waals surface area contributed by atoms with Gasteiger partial charge in [-0.3, -0.25) is 0 Å². The van der Waals surface area contributed by atoms with Gasteiger partial charge in [-0.1, -0.05) is 18.3 Å². The first kappa shape index (κ1) is 13.4. The summed E-state index contributed by atoms with van der Waals surface area (Å²) in [6.45, 7) is 2.76. The maximum Gasteiger partial charge on any atom is 0.213 e. The second-order valence-corrected chi connectivity index (χ2v) is 5.45. The topological polar surface area (TPSA) is 89.8 Å². The zero-order valence-corrected chi connectivity index (χ0v) is 12.2. The Balaban J connectivity index is 2.00. The lowest BCUT2D eigenvalue weighted by Crippen LogP contribution is -2.01. The van der Waals surface area contributed by atoms with E-state index in [0.717, 1.165) is 22.4 Å². The summed E-state index contributed by atoms with van der Waals surface area (Å²) in [5.41, 5.74) is 7.09. The molecule has 0 radical (unpaired) electrons. The molecule has 106 valence electrons. The van der Waals surface area contributed by atoms with Crippen molar-refractivity contribution in [1.29, 1.82) is 5.26 Å². The van der Waals surface area contributed by atoms with Crippen LogP contribution in [0.3, 0.4) is 0 Å². The molecule has 21 heavy (non-hydrogen) atoms. The van der Waals surface area contributed by atoms with Gasteiger partial charge in [0.25, 0.3) is 0 Å². The molecule has 0 atom stereocenters. The summed E-state index contributed by atoms with van der Waals surface area (Å²) in [6.07, 6.45) is 2.41. The molecule has 2 N–H and O–H groups in total. The number of thiazole rings is 1. The molecule has 6 nitrogen and oxygen atoms in total. The number of fused-ring (bicyclic) bond motifs is 1. The van der Waals surface area contributed by atoms with Gasteiger partial charge in [0.2, 0.25) is 5.13 Å². The van der Waals surface area contributed by atoms with Crippen LogP contribution < -0.4 is 10.5 Å². The molecular weight excluding hydrogens is 286 g/mol. The zero-order valence-electron chi connectivity index (χ0n) is 11.4. The smallest absolute Gasteiger partial charge is 0.213 e. The fourth-order valence-corrected chi connectivity index (χ4v) is 2.86. The molecule has 0 spiro atoms. The van der Waals surface area contributed by atoms with E-state index in [-0.39, 0.29) is 0 Å². The Kier molecular flexibility index (Phi) is 3.46. The number of nitrogens with zero attached hydrogens (tertiary/aromatic N) is 4. The number of anilines is 1. The van der Waals surface area contributed by atoms with Crippen LogP contribution in [0.5, 0.6) is 5.75 Å². The Morgan fingerprint density at radius 3 is 3.05 bits per heavy atom. The van der Waals surface area contributed by atoms with E-state index in [1.165, 1.54) is 22.2 Å². The third kappa shape index (κ3) is 2.41. The number of aromatic nitrogens is 3. The molecule has 0 saturated carbocycles. The van der Waals surface area contributed by atoms with Gasteiger partial charge in [-0.25, -0.2) is 4.98 Å². The fraction of sp³-hybridized carbons (Fsp3) is 0.214. The number of ether oxygens (including phenoxy) is 1. The van der Waals surface area contributed by atoms with E-state index in [2.05, 4.69) is 17.0 Å². The van der Waals surface area contributed by atoms with Crippen molar-refractivity contribution >= 4 is 27.4 Å². The highest BCUT2D eigenvalue weighted by Crippen LogP contribution is 2.29. The second kappa shape index (κ2) is 5.42. The van der Waals surface area contributed by atoms with Crippen LogP contribution in [0.4, 0.5) is 5.82 Å². The van der Waals surface area contributed by atoms with Crippen LogP contribution in [0.15, 0.2) is 24.4 Å². The van der Waals surface area contributed by atoms with E-state index < -0.39 is 0 Å². The van der Waals surface area contributed by atoms with Crippen molar-refractivity contribution in [2.45, 2.75) is 13.3 Å². The third-order valence-corrected chi connectivity index (χ3v) is 3.92. The highest BCUT2D eigenvalue weighted by molar-refractivity contribution is 7.20. The number of nitrogens with two attached hydrogens (primary N) is 1. The van der Waals surface area contributed by atoms with Crippen molar-refractivity contribution < 1.29 is 4.74 Å². The van der Waals surface area contributed by atoms with Crippen molar-refractivity contribution in [2.24, 2.45) is 0 Å². The van der Waals surface area contributed by atoms with Gasteiger partial charge < -0.3 is 10.5 Å². The van der Waals surface area contributed by atoms with E-state index in [1.54, 1.807) is 0 Å². The van der Waals surface area contributed by atoms with Gasteiger partial charge in [-0.2, -0.15) is 15.0 Å². The average molecular weight is 299 g/mol. The van der Waals surface area contributed by atoms with Crippen LogP contribution in [-0.4, -0.2) is 21.4 Å². The first-order chi connectivity index (χ1) is 10.2. The van der Waals surface area contributed by atoms with Crippen LogP contribution in [-0.2, 0) is 0 Å². The van der Waals surface area contributed by atoms with Crippen LogP contribution in [0, 0.1) is 11.3 Å². The quantitative estimate of drug-likeness (QED) is 0.800. The molecule has 7 heteroatoms. The Morgan fingerprint density at radius 1 is 1.48 bits per heavy atom. The molecule has 1 aromatic carbocycles. The van der Waals surface area contributed by atoms with E-state index >= 15 is 0 Å². The van der Waals surface area contributed by atoms with Gasteiger partial charge in [-0.05, 0) is 24.6 Å². The second-order valence-electron chi connectivity index (χ2n) is 4.44. The van der Waals surface area contributed by atoms with Gasteiger partial charge in [0.15, 0.2) is 0 Å². The fourth-order valence-electron chi connectivity index (χ4n) is 1.89. The minimum Gasteiger partial charge on any atom is -0.494 e. The van der Waals surface area contributed by atoms with Crippen LogP contribution in [0.2, 0.25) is 0 Å². The summed E-state index contributed by atoms with van der Waals surface area (Å²) >= 11 is 1.46. The monoisotopic (exact) mass is 299 g/mol. The summed E-state index contributed by atoms with van der Waals surface area (Å²) in [7, 11) is 0. The molecule has 2 aromatic heterocycles. The number of rotatable bonds is 4. The van der Waals surface area contributed by atoms with Crippen LogP contribution >= 0.6 is 11.3 Å². The SMILES string of the molecule is CCCOc1ccc2nc(-n3ncc(C#N)c3N)sc2c1. The third-order valence-electron chi connectivity index (χ3n) is 2.93. The van der Waals surface area contributed by atoms with Gasteiger partial charge in [0.05, 0.1) is 23.0 Å². The van der Waals surface area contributed by atoms with Gasteiger partial charge in [0.1, 0.15) is 23.2 Å². The minimum absolute atomic E-state index is 0.305. The molecule has 0 aliphatic heterocycles. The summed E-state index contributed by atoms with van der Waals surface area (Å²) < 4.78 is 8.09. The Bertz CT molecular complexity index is 830.